The lowest BCUT2D eigenvalue weighted by Crippen LogP contribution is -2.42. The number of aromatic nitrogens is 2. The smallest absolute Gasteiger partial charge is 0.309 e. The number of fused-ring (bicyclic) bond motifs is 2. The molecule has 27 heavy (non-hydrogen) atoms. The monoisotopic (exact) mass is 391 g/mol. The van der Waals surface area contributed by atoms with Crippen LogP contribution >= 0.6 is 11.8 Å². The second kappa shape index (κ2) is 7.66. The first-order chi connectivity index (χ1) is 13.1. The van der Waals surface area contributed by atoms with Crippen LogP contribution in [0.25, 0.3) is 0 Å². The maximum Gasteiger partial charge on any atom is 0.309 e. The van der Waals surface area contributed by atoms with E-state index in [1.54, 1.807) is 23.3 Å². The van der Waals surface area contributed by atoms with Gasteiger partial charge in [-0.3, -0.25) is 19.0 Å². The van der Waals surface area contributed by atoms with Crippen LogP contribution in [-0.4, -0.2) is 51.8 Å². The van der Waals surface area contributed by atoms with Gasteiger partial charge in [0.05, 0.1) is 24.3 Å². The number of carbonyl (C=O) groups is 2. The Morgan fingerprint density at radius 1 is 1.26 bits per heavy atom. The predicted octanol–water partition coefficient (Wildman–Crippen LogP) is 1.57. The van der Waals surface area contributed by atoms with E-state index < -0.39 is 0 Å². The molecule has 1 amide bonds. The highest BCUT2D eigenvalue weighted by atomic mass is 32.2. The van der Waals surface area contributed by atoms with Crippen molar-refractivity contribution in [2.75, 3.05) is 25.4 Å². The molecule has 4 rings (SSSR count). The number of aryl methyl sites for hydroxylation is 1. The van der Waals surface area contributed by atoms with Gasteiger partial charge in [0.1, 0.15) is 0 Å². The SMILES string of the molecule is CCOC(=O)C1CCN(C(=O)C[C@@H]2CSc3nc4c(c(=O)n32)CCC4)CC1. The average Bonchev–Trinajstić information content (AvgIpc) is 3.30. The van der Waals surface area contributed by atoms with Crippen LogP contribution < -0.4 is 5.56 Å². The summed E-state index contributed by atoms with van der Waals surface area (Å²) in [5, 5.41) is 0.763. The minimum absolute atomic E-state index is 0.0521. The fourth-order valence-electron chi connectivity index (χ4n) is 4.26. The van der Waals surface area contributed by atoms with Gasteiger partial charge in [-0.15, -0.1) is 0 Å². The van der Waals surface area contributed by atoms with Gasteiger partial charge in [-0.05, 0) is 39.0 Å². The second-order valence-electron chi connectivity index (χ2n) is 7.42. The number of amides is 1. The summed E-state index contributed by atoms with van der Waals surface area (Å²) < 4.78 is 6.83. The third-order valence-corrected chi connectivity index (χ3v) is 6.85. The third kappa shape index (κ3) is 3.51. The Balaban J connectivity index is 1.40. The molecule has 8 heteroatoms. The number of hydrogen-bond donors (Lipinski definition) is 0. The molecule has 1 aromatic rings. The molecule has 3 heterocycles. The highest BCUT2D eigenvalue weighted by Crippen LogP contribution is 2.34. The van der Waals surface area contributed by atoms with Gasteiger partial charge in [-0.25, -0.2) is 4.98 Å². The van der Waals surface area contributed by atoms with E-state index in [4.69, 9.17) is 4.74 Å². The predicted molar refractivity (Wildman–Crippen MR) is 101 cm³/mol. The van der Waals surface area contributed by atoms with Gasteiger partial charge in [-0.2, -0.15) is 0 Å². The van der Waals surface area contributed by atoms with Gasteiger partial charge >= 0.3 is 5.97 Å². The van der Waals surface area contributed by atoms with Crippen LogP contribution in [0.1, 0.15) is 49.9 Å². The van der Waals surface area contributed by atoms with Gasteiger partial charge in [0.25, 0.3) is 5.56 Å². The summed E-state index contributed by atoms with van der Waals surface area (Å²) in [7, 11) is 0. The first-order valence-corrected chi connectivity index (χ1v) is 10.8. The molecule has 1 atom stereocenters. The zero-order valence-electron chi connectivity index (χ0n) is 15.6. The molecule has 1 fully saturated rings. The van der Waals surface area contributed by atoms with E-state index in [1.807, 2.05) is 4.90 Å². The summed E-state index contributed by atoms with van der Waals surface area (Å²) in [5.41, 5.74) is 1.84. The van der Waals surface area contributed by atoms with Crippen molar-refractivity contribution in [1.29, 1.82) is 0 Å². The van der Waals surface area contributed by atoms with Crippen molar-refractivity contribution in [1.82, 2.24) is 14.5 Å². The summed E-state index contributed by atoms with van der Waals surface area (Å²) in [6, 6.07) is -0.119. The lowest BCUT2D eigenvalue weighted by atomic mass is 9.96. The Bertz CT molecular complexity index is 814. The molecule has 0 radical (unpaired) electrons. The largest absolute Gasteiger partial charge is 0.466 e. The van der Waals surface area contributed by atoms with E-state index in [-0.39, 0.29) is 29.4 Å². The van der Waals surface area contributed by atoms with Crippen molar-refractivity contribution in [3.05, 3.63) is 21.6 Å². The number of likely N-dealkylation sites (tertiary alicyclic amines) is 1. The molecule has 0 bridgehead atoms. The van der Waals surface area contributed by atoms with Crippen molar-refractivity contribution in [3.8, 4) is 0 Å². The number of piperidine rings is 1. The Morgan fingerprint density at radius 3 is 2.78 bits per heavy atom. The van der Waals surface area contributed by atoms with E-state index >= 15 is 0 Å². The van der Waals surface area contributed by atoms with Crippen LogP contribution in [0.2, 0.25) is 0 Å². The topological polar surface area (TPSA) is 81.5 Å². The quantitative estimate of drug-likeness (QED) is 0.572. The minimum Gasteiger partial charge on any atom is -0.466 e. The number of carbonyl (C=O) groups excluding carboxylic acids is 2. The van der Waals surface area contributed by atoms with E-state index in [9.17, 15) is 14.4 Å². The van der Waals surface area contributed by atoms with Crippen LogP contribution in [0, 0.1) is 5.92 Å². The molecule has 0 aromatic carbocycles. The summed E-state index contributed by atoms with van der Waals surface area (Å²) in [4.78, 5) is 43.9. The van der Waals surface area contributed by atoms with Gasteiger partial charge in [0.15, 0.2) is 5.16 Å². The Kier molecular flexibility index (Phi) is 5.25. The third-order valence-electron chi connectivity index (χ3n) is 5.75. The van der Waals surface area contributed by atoms with Gasteiger partial charge in [0, 0.05) is 30.8 Å². The molecule has 1 saturated heterocycles. The van der Waals surface area contributed by atoms with Crippen molar-refractivity contribution in [2.45, 2.75) is 56.6 Å². The van der Waals surface area contributed by atoms with Crippen LogP contribution in [-0.2, 0) is 27.2 Å². The van der Waals surface area contributed by atoms with Crippen LogP contribution in [0.3, 0.4) is 0 Å². The molecule has 0 spiro atoms. The molecular formula is C19H25N3O4S. The number of ether oxygens (including phenoxy) is 1. The van der Waals surface area contributed by atoms with Gasteiger partial charge < -0.3 is 9.64 Å². The molecule has 0 N–H and O–H groups in total. The molecule has 146 valence electrons. The van der Waals surface area contributed by atoms with Crippen molar-refractivity contribution < 1.29 is 14.3 Å². The van der Waals surface area contributed by atoms with Crippen molar-refractivity contribution >= 4 is 23.6 Å². The number of nitrogens with zero attached hydrogens (tertiary/aromatic N) is 3. The summed E-state index contributed by atoms with van der Waals surface area (Å²) in [6.45, 7) is 3.35. The average molecular weight is 391 g/mol. The highest BCUT2D eigenvalue weighted by molar-refractivity contribution is 7.99. The van der Waals surface area contributed by atoms with Crippen molar-refractivity contribution in [3.63, 3.8) is 0 Å². The number of rotatable bonds is 4. The Labute approximate surface area is 162 Å². The van der Waals surface area contributed by atoms with Crippen LogP contribution in [0.5, 0.6) is 0 Å². The Morgan fingerprint density at radius 2 is 2.04 bits per heavy atom. The lowest BCUT2D eigenvalue weighted by molar-refractivity contribution is -0.151. The van der Waals surface area contributed by atoms with E-state index in [0.29, 0.717) is 39.0 Å². The molecule has 0 unspecified atom stereocenters. The number of thioether (sulfide) groups is 1. The van der Waals surface area contributed by atoms with Gasteiger partial charge in [-0.1, -0.05) is 11.8 Å². The van der Waals surface area contributed by atoms with E-state index in [2.05, 4.69) is 4.98 Å². The highest BCUT2D eigenvalue weighted by Gasteiger charge is 2.34. The summed E-state index contributed by atoms with van der Waals surface area (Å²) in [6.07, 6.45) is 4.30. The lowest BCUT2D eigenvalue weighted by Gasteiger charge is -2.31. The Hall–Kier alpha value is -1.83. The molecule has 7 nitrogen and oxygen atoms in total. The van der Waals surface area contributed by atoms with E-state index in [1.165, 1.54) is 0 Å². The standard InChI is InChI=1S/C19H25N3O4S/c1-2-26-18(25)12-6-8-21(9-7-12)16(23)10-13-11-27-19-20-15-5-3-4-14(15)17(24)22(13)19/h12-13H,2-11H2,1H3/t13-/m1/s1. The van der Waals surface area contributed by atoms with Crippen LogP contribution in [0.4, 0.5) is 0 Å². The molecule has 2 aliphatic heterocycles. The first-order valence-electron chi connectivity index (χ1n) is 9.80. The molecule has 1 aliphatic carbocycles. The summed E-state index contributed by atoms with van der Waals surface area (Å²) >= 11 is 1.57. The normalized spacial score (nSPS) is 21.8. The second-order valence-corrected chi connectivity index (χ2v) is 8.41. The maximum absolute atomic E-state index is 12.8. The van der Waals surface area contributed by atoms with E-state index in [0.717, 1.165) is 41.4 Å². The molecule has 0 saturated carbocycles. The molecular weight excluding hydrogens is 366 g/mol. The van der Waals surface area contributed by atoms with Gasteiger partial charge in [0.2, 0.25) is 5.91 Å². The summed E-state index contributed by atoms with van der Waals surface area (Å²) in [5.74, 6) is 0.516. The van der Waals surface area contributed by atoms with Crippen LogP contribution in [0.15, 0.2) is 9.95 Å². The molecule has 1 aromatic heterocycles. The molecule has 3 aliphatic rings. The number of hydrogen-bond acceptors (Lipinski definition) is 6. The first kappa shape index (κ1) is 18.5. The zero-order chi connectivity index (χ0) is 19.0. The maximum atomic E-state index is 12.8. The minimum atomic E-state index is -0.155. The fraction of sp³-hybridized carbons (Fsp3) is 0.684. The fourth-order valence-corrected chi connectivity index (χ4v) is 5.41. The zero-order valence-corrected chi connectivity index (χ0v) is 16.4. The number of esters is 1. The van der Waals surface area contributed by atoms with Crippen molar-refractivity contribution in [2.24, 2.45) is 5.92 Å².